The van der Waals surface area contributed by atoms with Crippen LogP contribution in [0.2, 0.25) is 5.15 Å². The highest BCUT2D eigenvalue weighted by atomic mass is 35.5. The highest BCUT2D eigenvalue weighted by molar-refractivity contribution is 6.29. The van der Waals surface area contributed by atoms with E-state index < -0.39 is 0 Å². The maximum Gasteiger partial charge on any atom is 0.257 e. The molecule has 0 saturated heterocycles. The van der Waals surface area contributed by atoms with E-state index in [2.05, 4.69) is 46.6 Å². The summed E-state index contributed by atoms with van der Waals surface area (Å²) in [6.07, 6.45) is 1.45. The number of aryl methyl sites for hydroxylation is 1. The molecule has 33 heavy (non-hydrogen) atoms. The Morgan fingerprint density at radius 2 is 1.79 bits per heavy atom. The zero-order chi connectivity index (χ0) is 23.5. The normalized spacial score (nSPS) is 11.8. The second-order valence-corrected chi connectivity index (χ2v) is 8.49. The van der Waals surface area contributed by atoms with Gasteiger partial charge in [0.25, 0.3) is 5.91 Å². The van der Waals surface area contributed by atoms with Crippen LogP contribution in [0.15, 0.2) is 60.8 Å². The molecule has 4 rings (SSSR count). The molecular formula is C25H25ClN6O. The van der Waals surface area contributed by atoms with Crippen LogP contribution in [-0.4, -0.2) is 35.0 Å². The standard InChI is InChI=1S/C25H25ClN6O/c1-15-5-11-20-21(13-15)30-25(32(3)4)31-23(20)28-16(2)17-6-9-19(10-7-17)29-24(33)18-8-12-22(26)27-14-18/h5-14,16H,1-4H3,(H,29,33)(H,28,30,31)/t16-/m1/s1. The molecule has 0 unspecified atom stereocenters. The van der Waals surface area contributed by atoms with Gasteiger partial charge in [-0.3, -0.25) is 4.79 Å². The minimum atomic E-state index is -0.239. The van der Waals surface area contributed by atoms with Crippen molar-refractivity contribution in [3.63, 3.8) is 0 Å². The van der Waals surface area contributed by atoms with E-state index in [1.54, 1.807) is 12.1 Å². The van der Waals surface area contributed by atoms with Crippen molar-refractivity contribution in [3.05, 3.63) is 82.6 Å². The number of benzene rings is 2. The fourth-order valence-electron chi connectivity index (χ4n) is 3.39. The number of anilines is 3. The van der Waals surface area contributed by atoms with Crippen molar-refractivity contribution in [1.29, 1.82) is 0 Å². The largest absolute Gasteiger partial charge is 0.363 e. The van der Waals surface area contributed by atoms with E-state index in [0.29, 0.717) is 22.4 Å². The fraction of sp³-hybridized carbons (Fsp3) is 0.200. The number of carbonyl (C=O) groups is 1. The predicted molar refractivity (Wildman–Crippen MR) is 134 cm³/mol. The van der Waals surface area contributed by atoms with E-state index in [1.807, 2.05) is 49.3 Å². The van der Waals surface area contributed by atoms with E-state index in [0.717, 1.165) is 27.8 Å². The van der Waals surface area contributed by atoms with Crippen molar-refractivity contribution in [2.24, 2.45) is 0 Å². The van der Waals surface area contributed by atoms with Gasteiger partial charge in [0.15, 0.2) is 0 Å². The predicted octanol–water partition coefficient (Wildman–Crippen LogP) is 5.48. The summed E-state index contributed by atoms with van der Waals surface area (Å²) in [5, 5.41) is 7.72. The topological polar surface area (TPSA) is 83.0 Å². The number of hydrogen-bond acceptors (Lipinski definition) is 6. The summed E-state index contributed by atoms with van der Waals surface area (Å²) < 4.78 is 0. The third-order valence-corrected chi connectivity index (χ3v) is 5.48. The van der Waals surface area contributed by atoms with Crippen LogP contribution in [0.1, 0.15) is 34.5 Å². The van der Waals surface area contributed by atoms with Gasteiger partial charge in [-0.25, -0.2) is 9.97 Å². The molecule has 1 atom stereocenters. The lowest BCUT2D eigenvalue weighted by Crippen LogP contribution is -2.16. The molecule has 0 fully saturated rings. The van der Waals surface area contributed by atoms with E-state index >= 15 is 0 Å². The van der Waals surface area contributed by atoms with Crippen LogP contribution < -0.4 is 15.5 Å². The van der Waals surface area contributed by atoms with Crippen molar-refractivity contribution in [2.75, 3.05) is 29.6 Å². The fourth-order valence-corrected chi connectivity index (χ4v) is 3.51. The molecule has 7 nitrogen and oxygen atoms in total. The van der Waals surface area contributed by atoms with Gasteiger partial charge < -0.3 is 15.5 Å². The molecule has 2 heterocycles. The summed E-state index contributed by atoms with van der Waals surface area (Å²) in [7, 11) is 3.86. The Morgan fingerprint density at radius 1 is 1.03 bits per heavy atom. The smallest absolute Gasteiger partial charge is 0.257 e. The summed E-state index contributed by atoms with van der Waals surface area (Å²) >= 11 is 5.79. The molecule has 168 valence electrons. The first-order valence-electron chi connectivity index (χ1n) is 10.6. The molecule has 1 amide bonds. The van der Waals surface area contributed by atoms with Crippen LogP contribution in [0.25, 0.3) is 10.9 Å². The van der Waals surface area contributed by atoms with Gasteiger partial charge in [0.2, 0.25) is 5.95 Å². The van der Waals surface area contributed by atoms with Crippen molar-refractivity contribution in [1.82, 2.24) is 15.0 Å². The molecule has 2 aromatic heterocycles. The lowest BCUT2D eigenvalue weighted by Gasteiger charge is -2.19. The van der Waals surface area contributed by atoms with Crippen molar-refractivity contribution in [3.8, 4) is 0 Å². The minimum absolute atomic E-state index is 0.00960. The first-order chi connectivity index (χ1) is 15.8. The lowest BCUT2D eigenvalue weighted by atomic mass is 10.1. The molecule has 0 radical (unpaired) electrons. The third-order valence-electron chi connectivity index (χ3n) is 5.25. The van der Waals surface area contributed by atoms with Gasteiger partial charge in [-0.05, 0) is 61.4 Å². The number of nitrogens with zero attached hydrogens (tertiary/aromatic N) is 4. The molecule has 4 aromatic rings. The lowest BCUT2D eigenvalue weighted by molar-refractivity contribution is 0.102. The molecule has 0 spiro atoms. The number of rotatable bonds is 6. The number of pyridine rings is 1. The molecule has 2 aromatic carbocycles. The van der Waals surface area contributed by atoms with Gasteiger partial charge >= 0.3 is 0 Å². The van der Waals surface area contributed by atoms with Gasteiger partial charge in [-0.1, -0.05) is 29.8 Å². The molecule has 0 saturated carbocycles. The Labute approximate surface area is 197 Å². The van der Waals surface area contributed by atoms with Crippen molar-refractivity contribution < 1.29 is 4.79 Å². The van der Waals surface area contributed by atoms with E-state index in [1.165, 1.54) is 6.20 Å². The van der Waals surface area contributed by atoms with Gasteiger partial charge in [0.1, 0.15) is 11.0 Å². The van der Waals surface area contributed by atoms with Gasteiger partial charge in [0, 0.05) is 37.4 Å². The zero-order valence-corrected chi connectivity index (χ0v) is 19.7. The quantitative estimate of drug-likeness (QED) is 0.371. The highest BCUT2D eigenvalue weighted by Gasteiger charge is 2.13. The number of aromatic nitrogens is 3. The molecule has 0 aliphatic carbocycles. The van der Waals surface area contributed by atoms with Crippen LogP contribution >= 0.6 is 11.6 Å². The van der Waals surface area contributed by atoms with Crippen LogP contribution in [0.4, 0.5) is 17.5 Å². The first kappa shape index (κ1) is 22.5. The van der Waals surface area contributed by atoms with Crippen LogP contribution in [0, 0.1) is 6.92 Å². The molecule has 0 aliphatic rings. The number of nitrogens with one attached hydrogen (secondary N) is 2. The monoisotopic (exact) mass is 460 g/mol. The number of amides is 1. The molecule has 0 aliphatic heterocycles. The Balaban J connectivity index is 1.52. The summed E-state index contributed by atoms with van der Waals surface area (Å²) in [6.45, 7) is 4.13. The molecule has 8 heteroatoms. The maximum absolute atomic E-state index is 12.4. The first-order valence-corrected chi connectivity index (χ1v) is 10.9. The summed E-state index contributed by atoms with van der Waals surface area (Å²) in [4.78, 5) is 27.6. The van der Waals surface area contributed by atoms with Gasteiger partial charge in [0.05, 0.1) is 11.1 Å². The van der Waals surface area contributed by atoms with Crippen LogP contribution in [0.5, 0.6) is 0 Å². The number of halogens is 1. The molecule has 2 N–H and O–H groups in total. The second kappa shape index (κ2) is 9.42. The van der Waals surface area contributed by atoms with Gasteiger partial charge in [-0.15, -0.1) is 0 Å². The second-order valence-electron chi connectivity index (χ2n) is 8.10. The maximum atomic E-state index is 12.4. The average molecular weight is 461 g/mol. The third kappa shape index (κ3) is 5.21. The summed E-state index contributed by atoms with van der Waals surface area (Å²) in [5.41, 5.74) is 4.26. The van der Waals surface area contributed by atoms with Crippen molar-refractivity contribution >= 4 is 45.9 Å². The Kier molecular flexibility index (Phi) is 6.42. The number of carbonyl (C=O) groups excluding carboxylic acids is 1. The number of hydrogen-bond donors (Lipinski definition) is 2. The van der Waals surface area contributed by atoms with Crippen molar-refractivity contribution in [2.45, 2.75) is 19.9 Å². The minimum Gasteiger partial charge on any atom is -0.363 e. The van der Waals surface area contributed by atoms with Crippen LogP contribution in [0.3, 0.4) is 0 Å². The zero-order valence-electron chi connectivity index (χ0n) is 18.9. The number of fused-ring (bicyclic) bond motifs is 1. The Hall–Kier alpha value is -3.71. The van der Waals surface area contributed by atoms with E-state index in [4.69, 9.17) is 16.6 Å². The highest BCUT2D eigenvalue weighted by Crippen LogP contribution is 2.28. The summed E-state index contributed by atoms with van der Waals surface area (Å²) in [6, 6.07) is 17.1. The average Bonchev–Trinajstić information content (AvgIpc) is 2.79. The van der Waals surface area contributed by atoms with Gasteiger partial charge in [-0.2, -0.15) is 4.98 Å². The SMILES string of the molecule is Cc1ccc2c(N[C@H](C)c3ccc(NC(=O)c4ccc(Cl)nc4)cc3)nc(N(C)C)nc2c1. The van der Waals surface area contributed by atoms with E-state index in [9.17, 15) is 4.79 Å². The molecule has 0 bridgehead atoms. The van der Waals surface area contributed by atoms with Crippen LogP contribution in [-0.2, 0) is 0 Å². The Bertz CT molecular complexity index is 1290. The van der Waals surface area contributed by atoms with E-state index in [-0.39, 0.29) is 11.9 Å². The summed E-state index contributed by atoms with van der Waals surface area (Å²) in [5.74, 6) is 1.19. The Morgan fingerprint density at radius 3 is 2.45 bits per heavy atom. The molecular weight excluding hydrogens is 436 g/mol.